The summed E-state index contributed by atoms with van der Waals surface area (Å²) >= 11 is 5.87. The van der Waals surface area contributed by atoms with Crippen LogP contribution in [0.15, 0.2) is 18.2 Å². The topological polar surface area (TPSA) is 29.9 Å². The third-order valence-electron chi connectivity index (χ3n) is 2.33. The Bertz CT molecular complexity index is 475. The largest absolute Gasteiger partial charge is 0.354 e. The van der Waals surface area contributed by atoms with Gasteiger partial charge >= 0.3 is 0 Å². The number of hydrogen-bond acceptors (Lipinski definition) is 2. The number of hydrogen-bond donors (Lipinski definition) is 1. The van der Waals surface area contributed by atoms with Crippen molar-refractivity contribution in [3.05, 3.63) is 23.2 Å². The lowest BCUT2D eigenvalue weighted by Gasteiger charge is -1.95. The van der Waals surface area contributed by atoms with E-state index in [0.29, 0.717) is 0 Å². The van der Waals surface area contributed by atoms with Crippen LogP contribution in [0.4, 0.5) is 5.95 Å². The van der Waals surface area contributed by atoms with Gasteiger partial charge in [-0.25, -0.2) is 4.98 Å². The van der Waals surface area contributed by atoms with E-state index in [1.54, 1.807) is 0 Å². The standard InChI is InChI=1S/C9H8ClN3/c10-6-1-2-8-7(5-6)12-9-11-3-4-13(8)9/h1-2,5H,3-4H2,(H,11,12). The molecule has 0 radical (unpaired) electrons. The van der Waals surface area contributed by atoms with Crippen LogP contribution in [0.5, 0.6) is 0 Å². The van der Waals surface area contributed by atoms with E-state index in [0.717, 1.165) is 35.1 Å². The quantitative estimate of drug-likeness (QED) is 0.695. The Labute approximate surface area is 80.3 Å². The van der Waals surface area contributed by atoms with Crippen LogP contribution < -0.4 is 5.32 Å². The molecule has 13 heavy (non-hydrogen) atoms. The smallest absolute Gasteiger partial charge is 0.204 e. The SMILES string of the molecule is Clc1ccc2c(c1)nc1n2CCN1. The molecule has 3 rings (SSSR count). The lowest BCUT2D eigenvalue weighted by molar-refractivity contribution is 0.837. The van der Waals surface area contributed by atoms with E-state index >= 15 is 0 Å². The first-order valence-corrected chi connectivity index (χ1v) is 4.62. The maximum atomic E-state index is 5.87. The van der Waals surface area contributed by atoms with Crippen molar-refractivity contribution in [2.24, 2.45) is 0 Å². The molecule has 4 heteroatoms. The third kappa shape index (κ3) is 0.937. The second-order valence-electron chi connectivity index (χ2n) is 3.15. The number of anilines is 1. The van der Waals surface area contributed by atoms with Crippen molar-refractivity contribution >= 4 is 28.6 Å². The molecule has 2 heterocycles. The number of benzene rings is 1. The average Bonchev–Trinajstić information content (AvgIpc) is 2.62. The normalized spacial score (nSPS) is 14.5. The first-order valence-electron chi connectivity index (χ1n) is 4.24. The number of nitrogens with zero attached hydrogens (tertiary/aromatic N) is 2. The highest BCUT2D eigenvalue weighted by Gasteiger charge is 2.14. The van der Waals surface area contributed by atoms with Gasteiger partial charge in [-0.3, -0.25) is 0 Å². The Morgan fingerprint density at radius 1 is 1.46 bits per heavy atom. The van der Waals surface area contributed by atoms with E-state index in [-0.39, 0.29) is 0 Å². The van der Waals surface area contributed by atoms with Crippen LogP contribution in [-0.2, 0) is 6.54 Å². The Morgan fingerprint density at radius 3 is 3.31 bits per heavy atom. The molecule has 1 N–H and O–H groups in total. The molecule has 1 aromatic heterocycles. The minimum absolute atomic E-state index is 0.740. The minimum Gasteiger partial charge on any atom is -0.354 e. The van der Waals surface area contributed by atoms with E-state index in [9.17, 15) is 0 Å². The van der Waals surface area contributed by atoms with Gasteiger partial charge in [-0.05, 0) is 18.2 Å². The Morgan fingerprint density at radius 2 is 2.38 bits per heavy atom. The van der Waals surface area contributed by atoms with Crippen molar-refractivity contribution in [2.75, 3.05) is 11.9 Å². The molecule has 0 saturated carbocycles. The fourth-order valence-electron chi connectivity index (χ4n) is 1.74. The van der Waals surface area contributed by atoms with Crippen LogP contribution in [0.1, 0.15) is 0 Å². The number of rotatable bonds is 0. The zero-order valence-electron chi connectivity index (χ0n) is 6.92. The molecular formula is C9H8ClN3. The van der Waals surface area contributed by atoms with E-state index in [1.165, 1.54) is 0 Å². The molecule has 1 aliphatic rings. The van der Waals surface area contributed by atoms with Crippen molar-refractivity contribution < 1.29 is 0 Å². The monoisotopic (exact) mass is 193 g/mol. The van der Waals surface area contributed by atoms with Crippen LogP contribution >= 0.6 is 11.6 Å². The van der Waals surface area contributed by atoms with Crippen LogP contribution in [-0.4, -0.2) is 16.1 Å². The second-order valence-corrected chi connectivity index (χ2v) is 3.58. The molecule has 0 unspecified atom stereocenters. The summed E-state index contributed by atoms with van der Waals surface area (Å²) in [4.78, 5) is 4.42. The van der Waals surface area contributed by atoms with Crippen molar-refractivity contribution in [1.82, 2.24) is 9.55 Å². The first-order chi connectivity index (χ1) is 6.34. The molecule has 0 spiro atoms. The van der Waals surface area contributed by atoms with Crippen molar-refractivity contribution in [3.63, 3.8) is 0 Å². The summed E-state index contributed by atoms with van der Waals surface area (Å²) in [5.74, 6) is 0.956. The van der Waals surface area contributed by atoms with Gasteiger partial charge in [0.1, 0.15) is 0 Å². The molecule has 1 aromatic carbocycles. The van der Waals surface area contributed by atoms with Crippen LogP contribution in [0.2, 0.25) is 5.02 Å². The van der Waals surface area contributed by atoms with Crippen LogP contribution in [0, 0.1) is 0 Å². The minimum atomic E-state index is 0.740. The number of aromatic nitrogens is 2. The summed E-state index contributed by atoms with van der Waals surface area (Å²) in [6.45, 7) is 1.97. The van der Waals surface area contributed by atoms with Gasteiger partial charge in [-0.15, -0.1) is 0 Å². The summed E-state index contributed by atoms with van der Waals surface area (Å²) in [7, 11) is 0. The summed E-state index contributed by atoms with van der Waals surface area (Å²) < 4.78 is 2.17. The fourth-order valence-corrected chi connectivity index (χ4v) is 1.91. The summed E-state index contributed by atoms with van der Waals surface area (Å²) in [5, 5.41) is 3.96. The van der Waals surface area contributed by atoms with Gasteiger partial charge < -0.3 is 9.88 Å². The molecule has 0 fully saturated rings. The highest BCUT2D eigenvalue weighted by molar-refractivity contribution is 6.31. The van der Waals surface area contributed by atoms with Crippen molar-refractivity contribution in [2.45, 2.75) is 6.54 Å². The first kappa shape index (κ1) is 7.21. The Hall–Kier alpha value is -1.22. The highest BCUT2D eigenvalue weighted by atomic mass is 35.5. The van der Waals surface area contributed by atoms with Crippen molar-refractivity contribution in [1.29, 1.82) is 0 Å². The molecule has 0 atom stereocenters. The zero-order valence-corrected chi connectivity index (χ0v) is 7.67. The van der Waals surface area contributed by atoms with E-state index in [2.05, 4.69) is 14.9 Å². The number of imidazole rings is 1. The fraction of sp³-hybridized carbons (Fsp3) is 0.222. The molecule has 1 aliphatic heterocycles. The average molecular weight is 194 g/mol. The zero-order chi connectivity index (χ0) is 8.84. The molecule has 3 nitrogen and oxygen atoms in total. The maximum absolute atomic E-state index is 5.87. The molecule has 0 saturated heterocycles. The number of fused-ring (bicyclic) bond motifs is 3. The van der Waals surface area contributed by atoms with Gasteiger partial charge in [0.25, 0.3) is 0 Å². The van der Waals surface area contributed by atoms with Gasteiger partial charge in [0.2, 0.25) is 5.95 Å². The van der Waals surface area contributed by atoms with Gasteiger partial charge in [0.05, 0.1) is 11.0 Å². The molecular weight excluding hydrogens is 186 g/mol. The number of nitrogens with one attached hydrogen (secondary N) is 1. The molecule has 0 aliphatic carbocycles. The predicted octanol–water partition coefficient (Wildman–Crippen LogP) is 2.12. The molecule has 0 amide bonds. The second kappa shape index (κ2) is 2.39. The Kier molecular flexibility index (Phi) is 1.32. The van der Waals surface area contributed by atoms with Gasteiger partial charge in [0.15, 0.2) is 0 Å². The van der Waals surface area contributed by atoms with Crippen molar-refractivity contribution in [3.8, 4) is 0 Å². The summed E-state index contributed by atoms with van der Waals surface area (Å²) in [6, 6.07) is 5.81. The van der Waals surface area contributed by atoms with E-state index in [4.69, 9.17) is 11.6 Å². The molecule has 66 valence electrons. The number of halogens is 1. The molecule has 0 bridgehead atoms. The van der Waals surface area contributed by atoms with Gasteiger partial charge in [-0.1, -0.05) is 11.6 Å². The van der Waals surface area contributed by atoms with E-state index in [1.807, 2.05) is 18.2 Å². The summed E-state index contributed by atoms with van der Waals surface area (Å²) in [6.07, 6.45) is 0. The third-order valence-corrected chi connectivity index (χ3v) is 2.56. The lowest BCUT2D eigenvalue weighted by Crippen LogP contribution is -1.94. The van der Waals surface area contributed by atoms with E-state index < -0.39 is 0 Å². The lowest BCUT2D eigenvalue weighted by atomic mass is 10.3. The van der Waals surface area contributed by atoms with Crippen LogP contribution in [0.3, 0.4) is 0 Å². The van der Waals surface area contributed by atoms with Gasteiger partial charge in [0, 0.05) is 18.1 Å². The van der Waals surface area contributed by atoms with Gasteiger partial charge in [-0.2, -0.15) is 0 Å². The summed E-state index contributed by atoms with van der Waals surface area (Å²) in [5.41, 5.74) is 2.12. The maximum Gasteiger partial charge on any atom is 0.204 e. The predicted molar refractivity (Wildman–Crippen MR) is 53.2 cm³/mol. The Balaban J connectivity index is 2.38. The molecule has 2 aromatic rings. The van der Waals surface area contributed by atoms with Crippen LogP contribution in [0.25, 0.3) is 11.0 Å². The highest BCUT2D eigenvalue weighted by Crippen LogP contribution is 2.24.